The van der Waals surface area contributed by atoms with Crippen LogP contribution in [0.25, 0.3) is 0 Å². The number of hydrogen-bond acceptors (Lipinski definition) is 4. The number of carbonyl (C=O) groups excluding carboxylic acids is 1. The first-order chi connectivity index (χ1) is 13.9. The minimum absolute atomic E-state index is 0.0328. The molecule has 3 rings (SSSR count). The zero-order valence-electron chi connectivity index (χ0n) is 16.4. The van der Waals surface area contributed by atoms with Gasteiger partial charge in [0.05, 0.1) is 17.6 Å². The Morgan fingerprint density at radius 3 is 2.34 bits per heavy atom. The van der Waals surface area contributed by atoms with Crippen LogP contribution in [0.3, 0.4) is 0 Å². The third kappa shape index (κ3) is 5.50. The molecule has 0 spiro atoms. The fraction of sp³-hybridized carbons (Fsp3) is 0.381. The van der Waals surface area contributed by atoms with Gasteiger partial charge in [-0.25, -0.2) is 13.1 Å². The van der Waals surface area contributed by atoms with Gasteiger partial charge < -0.3 is 9.64 Å². The molecule has 29 heavy (non-hydrogen) atoms. The van der Waals surface area contributed by atoms with Gasteiger partial charge in [-0.2, -0.15) is 0 Å². The van der Waals surface area contributed by atoms with Crippen LogP contribution in [0, 0.1) is 0 Å². The van der Waals surface area contributed by atoms with Gasteiger partial charge in [0.2, 0.25) is 10.0 Å². The fourth-order valence-electron chi connectivity index (χ4n) is 3.33. The Balaban J connectivity index is 1.82. The molecular formula is C21H25ClN2O4S. The van der Waals surface area contributed by atoms with Gasteiger partial charge in [-0.05, 0) is 48.7 Å². The van der Waals surface area contributed by atoms with Crippen LogP contribution in [0.5, 0.6) is 5.75 Å². The summed E-state index contributed by atoms with van der Waals surface area (Å²) in [6.45, 7) is 1.47. The first-order valence-electron chi connectivity index (χ1n) is 9.62. The van der Waals surface area contributed by atoms with Crippen LogP contribution in [0.15, 0.2) is 47.4 Å². The number of sulfonamides is 1. The van der Waals surface area contributed by atoms with Crippen LogP contribution in [-0.4, -0.2) is 39.4 Å². The summed E-state index contributed by atoms with van der Waals surface area (Å²) in [5.74, 6) is 0.175. The summed E-state index contributed by atoms with van der Waals surface area (Å²) in [7, 11) is -2.32. The third-order valence-electron chi connectivity index (χ3n) is 4.98. The van der Waals surface area contributed by atoms with Crippen LogP contribution in [-0.2, 0) is 16.6 Å². The average Bonchev–Trinajstić information content (AvgIpc) is 3.02. The van der Waals surface area contributed by atoms with E-state index in [9.17, 15) is 13.2 Å². The van der Waals surface area contributed by atoms with E-state index in [4.69, 9.17) is 16.3 Å². The van der Waals surface area contributed by atoms with Crippen molar-refractivity contribution in [3.63, 3.8) is 0 Å². The van der Waals surface area contributed by atoms with Gasteiger partial charge >= 0.3 is 0 Å². The average molecular weight is 437 g/mol. The molecule has 1 heterocycles. The molecule has 0 saturated carbocycles. The molecule has 6 nitrogen and oxygen atoms in total. The number of nitrogens with one attached hydrogen (secondary N) is 1. The summed E-state index contributed by atoms with van der Waals surface area (Å²) in [5.41, 5.74) is 1.05. The maximum atomic E-state index is 13.0. The van der Waals surface area contributed by atoms with Crippen molar-refractivity contribution in [3.05, 3.63) is 58.6 Å². The molecule has 8 heteroatoms. The predicted molar refractivity (Wildman–Crippen MR) is 113 cm³/mol. The summed E-state index contributed by atoms with van der Waals surface area (Å²) >= 11 is 5.86. The molecule has 0 bridgehead atoms. The van der Waals surface area contributed by atoms with Crippen molar-refractivity contribution in [2.24, 2.45) is 0 Å². The topological polar surface area (TPSA) is 75.7 Å². The Labute approximate surface area is 176 Å². The van der Waals surface area contributed by atoms with Crippen LogP contribution >= 0.6 is 11.6 Å². The lowest BCUT2D eigenvalue weighted by atomic mass is 10.1. The van der Waals surface area contributed by atoms with Crippen molar-refractivity contribution in [3.8, 4) is 5.75 Å². The highest BCUT2D eigenvalue weighted by Gasteiger charge is 2.24. The predicted octanol–water partition coefficient (Wildman–Crippen LogP) is 3.84. The Bertz CT molecular complexity index is 953. The summed E-state index contributed by atoms with van der Waals surface area (Å²) in [6.07, 6.45) is 4.11. The number of halogens is 1. The molecule has 1 aliphatic rings. The van der Waals surface area contributed by atoms with Crippen molar-refractivity contribution >= 4 is 27.5 Å². The highest BCUT2D eigenvalue weighted by Crippen LogP contribution is 2.25. The highest BCUT2D eigenvalue weighted by atomic mass is 35.5. The molecule has 156 valence electrons. The molecular weight excluding hydrogens is 412 g/mol. The van der Waals surface area contributed by atoms with Gasteiger partial charge in [0.15, 0.2) is 0 Å². The molecule has 2 aromatic rings. The van der Waals surface area contributed by atoms with Gasteiger partial charge in [-0.1, -0.05) is 36.6 Å². The van der Waals surface area contributed by atoms with E-state index in [1.165, 1.54) is 25.3 Å². The van der Waals surface area contributed by atoms with E-state index in [1.54, 1.807) is 29.2 Å². The molecule has 0 atom stereocenters. The summed E-state index contributed by atoms with van der Waals surface area (Å²) in [6, 6.07) is 11.3. The number of likely N-dealkylation sites (tertiary alicyclic amines) is 1. The fourth-order valence-corrected chi connectivity index (χ4v) is 4.50. The van der Waals surface area contributed by atoms with E-state index in [1.807, 2.05) is 0 Å². The van der Waals surface area contributed by atoms with E-state index >= 15 is 0 Å². The number of ether oxygens (including phenoxy) is 1. The quantitative estimate of drug-likeness (QED) is 0.746. The smallest absolute Gasteiger partial charge is 0.257 e. The molecule has 0 aliphatic carbocycles. The molecule has 1 amide bonds. The van der Waals surface area contributed by atoms with E-state index in [0.717, 1.165) is 31.2 Å². The molecule has 1 fully saturated rings. The zero-order chi connectivity index (χ0) is 20.9. The molecule has 1 saturated heterocycles. The molecule has 0 unspecified atom stereocenters. The first kappa shape index (κ1) is 21.6. The van der Waals surface area contributed by atoms with Gasteiger partial charge in [-0.15, -0.1) is 0 Å². The molecule has 1 N–H and O–H groups in total. The Morgan fingerprint density at radius 1 is 1.07 bits per heavy atom. The number of rotatable bonds is 6. The molecule has 1 aliphatic heterocycles. The van der Waals surface area contributed by atoms with Gasteiger partial charge in [-0.3, -0.25) is 4.79 Å². The molecule has 0 aromatic heterocycles. The second kappa shape index (κ2) is 9.61. The van der Waals surface area contributed by atoms with Crippen molar-refractivity contribution in [1.29, 1.82) is 0 Å². The number of methoxy groups -OCH3 is 1. The largest absolute Gasteiger partial charge is 0.496 e. The van der Waals surface area contributed by atoms with Crippen molar-refractivity contribution in [1.82, 2.24) is 9.62 Å². The van der Waals surface area contributed by atoms with Crippen LogP contribution in [0.1, 0.15) is 41.6 Å². The second-order valence-corrected chi connectivity index (χ2v) is 9.22. The monoisotopic (exact) mass is 436 g/mol. The first-order valence-corrected chi connectivity index (χ1v) is 11.5. The zero-order valence-corrected chi connectivity index (χ0v) is 17.9. The Morgan fingerprint density at radius 2 is 1.72 bits per heavy atom. The number of hydrogen-bond donors (Lipinski definition) is 1. The van der Waals surface area contributed by atoms with Crippen LogP contribution < -0.4 is 9.46 Å². The molecule has 2 aromatic carbocycles. The van der Waals surface area contributed by atoms with E-state index in [-0.39, 0.29) is 22.9 Å². The lowest BCUT2D eigenvalue weighted by Gasteiger charge is -2.22. The van der Waals surface area contributed by atoms with Crippen LogP contribution in [0.2, 0.25) is 5.02 Å². The maximum Gasteiger partial charge on any atom is 0.257 e. The van der Waals surface area contributed by atoms with Crippen molar-refractivity contribution in [2.45, 2.75) is 37.1 Å². The molecule has 0 radical (unpaired) electrons. The van der Waals surface area contributed by atoms with Crippen molar-refractivity contribution in [2.75, 3.05) is 20.2 Å². The van der Waals surface area contributed by atoms with Crippen molar-refractivity contribution < 1.29 is 17.9 Å². The number of amides is 1. The lowest BCUT2D eigenvalue weighted by Crippen LogP contribution is -2.32. The van der Waals surface area contributed by atoms with E-state index < -0.39 is 10.0 Å². The number of benzene rings is 2. The van der Waals surface area contributed by atoms with E-state index in [2.05, 4.69) is 4.72 Å². The normalized spacial score (nSPS) is 15.0. The van der Waals surface area contributed by atoms with Gasteiger partial charge in [0.1, 0.15) is 5.75 Å². The lowest BCUT2D eigenvalue weighted by molar-refractivity contribution is 0.0758. The summed E-state index contributed by atoms with van der Waals surface area (Å²) in [4.78, 5) is 14.9. The maximum absolute atomic E-state index is 13.0. The minimum Gasteiger partial charge on any atom is -0.496 e. The van der Waals surface area contributed by atoms with Gasteiger partial charge in [0.25, 0.3) is 5.91 Å². The highest BCUT2D eigenvalue weighted by molar-refractivity contribution is 7.89. The second-order valence-electron chi connectivity index (χ2n) is 7.02. The minimum atomic E-state index is -3.80. The standard InChI is InChI=1S/C21H25ClN2O4S/c1-28-20-11-10-18(14-19(20)21(25)24-12-4-2-3-5-13-24)29(26,27)23-15-16-6-8-17(22)9-7-16/h6-11,14,23H,2-5,12-13,15H2,1H3. The third-order valence-corrected chi connectivity index (χ3v) is 6.64. The number of nitrogens with zero attached hydrogens (tertiary/aromatic N) is 1. The summed E-state index contributed by atoms with van der Waals surface area (Å²) in [5, 5.41) is 0.587. The Hall–Kier alpha value is -2.09. The summed E-state index contributed by atoms with van der Waals surface area (Å²) < 4.78 is 33.4. The van der Waals surface area contributed by atoms with Crippen LogP contribution in [0.4, 0.5) is 0 Å². The SMILES string of the molecule is COc1ccc(S(=O)(=O)NCc2ccc(Cl)cc2)cc1C(=O)N1CCCCCC1. The van der Waals surface area contributed by atoms with E-state index in [0.29, 0.717) is 23.9 Å². The number of carbonyl (C=O) groups is 1. The Kier molecular flexibility index (Phi) is 7.16. The van der Waals surface area contributed by atoms with Gasteiger partial charge in [0, 0.05) is 24.7 Å².